The van der Waals surface area contributed by atoms with Gasteiger partial charge in [-0.2, -0.15) is 19.6 Å². The second kappa shape index (κ2) is 5.38. The molecule has 0 spiro atoms. The lowest BCUT2D eigenvalue weighted by atomic mass is 10.2. The predicted molar refractivity (Wildman–Crippen MR) is 89.2 cm³/mol. The number of fused-ring (bicyclic) bond motifs is 1. The Balaban J connectivity index is 1.58. The number of hydrogen-bond acceptors (Lipinski definition) is 7. The molecule has 2 aliphatic heterocycles. The molecule has 11 heteroatoms. The fourth-order valence-corrected chi connectivity index (χ4v) is 2.86. The van der Waals surface area contributed by atoms with E-state index in [1.807, 2.05) is 0 Å². The van der Waals surface area contributed by atoms with E-state index in [2.05, 4.69) is 31.0 Å². The van der Waals surface area contributed by atoms with E-state index in [9.17, 15) is 14.0 Å². The van der Waals surface area contributed by atoms with Crippen molar-refractivity contribution >= 4 is 35.6 Å². The maximum atomic E-state index is 13.2. The normalized spacial score (nSPS) is 21.9. The average molecular weight is 358 g/mol. The zero-order chi connectivity index (χ0) is 17.8. The lowest BCUT2D eigenvalue weighted by molar-refractivity contribution is -0.115. The van der Waals surface area contributed by atoms with E-state index in [-0.39, 0.29) is 18.8 Å². The highest BCUT2D eigenvalue weighted by molar-refractivity contribution is 6.14. The molecule has 2 aromatic rings. The van der Waals surface area contributed by atoms with Crippen LogP contribution < -0.4 is 20.9 Å². The van der Waals surface area contributed by atoms with Gasteiger partial charge in [-0.3, -0.25) is 10.1 Å². The molecule has 3 fully saturated rings. The molecule has 3 aliphatic rings. The van der Waals surface area contributed by atoms with Crippen LogP contribution in [0.2, 0.25) is 0 Å². The zero-order valence-electron chi connectivity index (χ0n) is 13.6. The first kappa shape index (κ1) is 15.0. The Kier molecular flexibility index (Phi) is 3.11. The topological polar surface area (TPSA) is 117 Å². The van der Waals surface area contributed by atoms with Crippen LogP contribution in [-0.4, -0.2) is 56.8 Å². The summed E-state index contributed by atoms with van der Waals surface area (Å²) in [6, 6.07) is -0.226. The van der Waals surface area contributed by atoms with Gasteiger partial charge in [-0.25, -0.2) is 9.18 Å². The predicted octanol–water partition coefficient (Wildman–Crippen LogP) is 0.0370. The summed E-state index contributed by atoms with van der Waals surface area (Å²) in [5, 5.41) is 12.2. The number of rotatable bonds is 4. The van der Waals surface area contributed by atoms with Crippen LogP contribution in [0.4, 0.5) is 21.1 Å². The summed E-state index contributed by atoms with van der Waals surface area (Å²) in [6.07, 6.45) is 4.29. The van der Waals surface area contributed by atoms with Crippen molar-refractivity contribution in [2.45, 2.75) is 25.1 Å². The number of anilines is 2. The molecule has 26 heavy (non-hydrogen) atoms. The van der Waals surface area contributed by atoms with Crippen LogP contribution in [0, 0.1) is 0 Å². The molecular weight excluding hydrogens is 343 g/mol. The van der Waals surface area contributed by atoms with Crippen LogP contribution in [0.1, 0.15) is 18.4 Å². The number of aromatic nitrogens is 4. The first-order valence-corrected chi connectivity index (χ1v) is 8.32. The van der Waals surface area contributed by atoms with Gasteiger partial charge in [0.1, 0.15) is 11.9 Å². The highest BCUT2D eigenvalue weighted by atomic mass is 19.1. The van der Waals surface area contributed by atoms with E-state index in [1.165, 1.54) is 6.08 Å². The second-order valence-corrected chi connectivity index (χ2v) is 6.57. The fourth-order valence-electron chi connectivity index (χ4n) is 2.86. The Morgan fingerprint density at radius 3 is 2.69 bits per heavy atom. The summed E-state index contributed by atoms with van der Waals surface area (Å²) >= 11 is 0. The van der Waals surface area contributed by atoms with Crippen molar-refractivity contribution in [3.8, 4) is 0 Å². The molecule has 0 aromatic carbocycles. The van der Waals surface area contributed by atoms with Crippen molar-refractivity contribution in [2.75, 3.05) is 23.3 Å². The number of carbonyl (C=O) groups is 2. The average Bonchev–Trinajstić information content (AvgIpc) is 3.21. The Hall–Kier alpha value is -3.24. The summed E-state index contributed by atoms with van der Waals surface area (Å²) in [4.78, 5) is 33.7. The quantitative estimate of drug-likeness (QED) is 0.522. The molecule has 3 amide bonds. The Morgan fingerprint density at radius 2 is 2.04 bits per heavy atom. The van der Waals surface area contributed by atoms with Gasteiger partial charge in [0.05, 0.1) is 19.3 Å². The van der Waals surface area contributed by atoms with Crippen LogP contribution in [-0.2, 0) is 4.79 Å². The zero-order valence-corrected chi connectivity index (χ0v) is 13.6. The van der Waals surface area contributed by atoms with E-state index in [0.29, 0.717) is 29.1 Å². The summed E-state index contributed by atoms with van der Waals surface area (Å²) in [6.45, 7) is 0.504. The van der Waals surface area contributed by atoms with E-state index in [0.717, 1.165) is 12.8 Å². The molecule has 2 aromatic heterocycles. The smallest absolute Gasteiger partial charge is 0.326 e. The van der Waals surface area contributed by atoms with E-state index in [4.69, 9.17) is 0 Å². The van der Waals surface area contributed by atoms with Gasteiger partial charge in [0.2, 0.25) is 11.9 Å². The Bertz CT molecular complexity index is 960. The number of urea groups is 1. The van der Waals surface area contributed by atoms with Gasteiger partial charge in [0.25, 0.3) is 5.91 Å². The number of imide groups is 1. The number of amides is 3. The number of halogens is 1. The summed E-state index contributed by atoms with van der Waals surface area (Å²) in [5.41, 5.74) is 1.15. The minimum Gasteiger partial charge on any atom is -0.351 e. The first-order valence-electron chi connectivity index (χ1n) is 8.32. The molecule has 0 bridgehead atoms. The molecule has 0 radical (unpaired) electrons. The third-order valence-electron chi connectivity index (χ3n) is 4.43. The minimum absolute atomic E-state index is 0.120. The standard InChI is InChI=1S/C15H15FN8O2/c16-8-5-23(6-8)13-20-11-7(3-10-12(25)21-15(26)19-10)4-17-24(11)14(22-13)18-9-1-2-9/h3-4,8-9H,1-2,5-6H2,(H,18,20,22)(H2,19,21,25,26)/b10-3-. The number of carbonyl (C=O) groups excluding carboxylic acids is 2. The SMILES string of the molecule is O=C1NC(=O)/C(=C/c2cnn3c(NC4CC4)nc(N4CC(F)C4)nc23)N1. The second-order valence-electron chi connectivity index (χ2n) is 6.57. The van der Waals surface area contributed by atoms with Crippen LogP contribution in [0.25, 0.3) is 11.7 Å². The summed E-state index contributed by atoms with van der Waals surface area (Å²) in [5.74, 6) is 0.428. The Labute approximate surface area is 146 Å². The van der Waals surface area contributed by atoms with E-state index >= 15 is 0 Å². The number of hydrogen-bond donors (Lipinski definition) is 3. The molecule has 134 valence electrons. The van der Waals surface area contributed by atoms with Gasteiger partial charge in [-0.15, -0.1) is 0 Å². The first-order chi connectivity index (χ1) is 12.6. The molecule has 2 saturated heterocycles. The van der Waals surface area contributed by atoms with Crippen molar-refractivity contribution in [1.29, 1.82) is 0 Å². The molecule has 4 heterocycles. The van der Waals surface area contributed by atoms with Crippen LogP contribution in [0.15, 0.2) is 11.9 Å². The molecule has 3 N–H and O–H groups in total. The fraction of sp³-hybridized carbons (Fsp3) is 0.400. The van der Waals surface area contributed by atoms with Crippen molar-refractivity contribution in [3.63, 3.8) is 0 Å². The molecular formula is C15H15FN8O2. The maximum absolute atomic E-state index is 13.2. The van der Waals surface area contributed by atoms with Crippen molar-refractivity contribution in [2.24, 2.45) is 0 Å². The van der Waals surface area contributed by atoms with Crippen LogP contribution in [0.3, 0.4) is 0 Å². The Morgan fingerprint density at radius 1 is 1.23 bits per heavy atom. The van der Waals surface area contributed by atoms with Crippen molar-refractivity contribution < 1.29 is 14.0 Å². The van der Waals surface area contributed by atoms with Gasteiger partial charge >= 0.3 is 6.03 Å². The van der Waals surface area contributed by atoms with E-state index in [1.54, 1.807) is 15.6 Å². The van der Waals surface area contributed by atoms with Gasteiger partial charge in [-0.05, 0) is 18.9 Å². The molecule has 0 atom stereocenters. The third-order valence-corrected chi connectivity index (χ3v) is 4.43. The highest BCUT2D eigenvalue weighted by Crippen LogP contribution is 2.27. The lowest BCUT2D eigenvalue weighted by Gasteiger charge is -2.34. The van der Waals surface area contributed by atoms with E-state index < -0.39 is 18.1 Å². The maximum Gasteiger partial charge on any atom is 0.326 e. The van der Waals surface area contributed by atoms with Crippen molar-refractivity contribution in [3.05, 3.63) is 17.5 Å². The third kappa shape index (κ3) is 2.52. The molecule has 1 aliphatic carbocycles. The van der Waals surface area contributed by atoms with Gasteiger partial charge < -0.3 is 15.5 Å². The largest absolute Gasteiger partial charge is 0.351 e. The monoisotopic (exact) mass is 358 g/mol. The summed E-state index contributed by atoms with van der Waals surface area (Å²) in [7, 11) is 0. The van der Waals surface area contributed by atoms with Crippen LogP contribution in [0.5, 0.6) is 0 Å². The molecule has 10 nitrogen and oxygen atoms in total. The summed E-state index contributed by atoms with van der Waals surface area (Å²) < 4.78 is 14.8. The number of nitrogens with zero attached hydrogens (tertiary/aromatic N) is 5. The van der Waals surface area contributed by atoms with Gasteiger partial charge in [0, 0.05) is 11.6 Å². The number of nitrogens with one attached hydrogen (secondary N) is 3. The highest BCUT2D eigenvalue weighted by Gasteiger charge is 2.31. The van der Waals surface area contributed by atoms with Gasteiger partial charge in [0.15, 0.2) is 5.65 Å². The van der Waals surface area contributed by atoms with Crippen molar-refractivity contribution in [1.82, 2.24) is 30.2 Å². The van der Waals surface area contributed by atoms with Crippen LogP contribution >= 0.6 is 0 Å². The number of alkyl halides is 1. The molecule has 5 rings (SSSR count). The lowest BCUT2D eigenvalue weighted by Crippen LogP contribution is -2.49. The molecule has 1 saturated carbocycles. The van der Waals surface area contributed by atoms with Gasteiger partial charge in [-0.1, -0.05) is 0 Å². The molecule has 0 unspecified atom stereocenters. The minimum atomic E-state index is -0.876.